The summed E-state index contributed by atoms with van der Waals surface area (Å²) in [5.41, 5.74) is 5.44. The summed E-state index contributed by atoms with van der Waals surface area (Å²) in [6.45, 7) is 2.46. The minimum Gasteiger partial charge on any atom is -0.396 e. The van der Waals surface area contributed by atoms with E-state index < -0.39 is 0 Å². The Morgan fingerprint density at radius 2 is 1.46 bits per heavy atom. The van der Waals surface area contributed by atoms with Crippen molar-refractivity contribution in [3.8, 4) is 0 Å². The molecule has 1 heterocycles. The summed E-state index contributed by atoms with van der Waals surface area (Å²) in [6.07, 6.45) is 5.60. The Balaban J connectivity index is 2.02. The van der Waals surface area contributed by atoms with E-state index >= 15 is 0 Å². The molecule has 24 heavy (non-hydrogen) atoms. The van der Waals surface area contributed by atoms with Crippen LogP contribution in [0.3, 0.4) is 0 Å². The number of hydrogen-bond donors (Lipinski definition) is 1. The van der Waals surface area contributed by atoms with E-state index in [1.807, 2.05) is 0 Å². The van der Waals surface area contributed by atoms with Crippen molar-refractivity contribution in [1.82, 2.24) is 4.90 Å². The number of likely N-dealkylation sites (tertiary alicyclic amines) is 1. The average molecular weight is 321 g/mol. The van der Waals surface area contributed by atoms with Crippen LogP contribution in [0.4, 0.5) is 0 Å². The number of aliphatic hydroxyl groups excluding tert-OH is 1. The monoisotopic (exact) mass is 321 g/mol. The summed E-state index contributed by atoms with van der Waals surface area (Å²) < 4.78 is 0. The first kappa shape index (κ1) is 16.8. The van der Waals surface area contributed by atoms with Crippen molar-refractivity contribution in [3.63, 3.8) is 0 Å². The zero-order valence-electron chi connectivity index (χ0n) is 14.3. The molecule has 0 atom stereocenters. The van der Waals surface area contributed by atoms with Gasteiger partial charge in [-0.15, -0.1) is 0 Å². The van der Waals surface area contributed by atoms with Gasteiger partial charge in [-0.05, 0) is 43.2 Å². The molecule has 2 nitrogen and oxygen atoms in total. The van der Waals surface area contributed by atoms with Gasteiger partial charge in [-0.3, -0.25) is 0 Å². The molecule has 0 aromatic heterocycles. The van der Waals surface area contributed by atoms with Crippen molar-refractivity contribution in [2.24, 2.45) is 0 Å². The van der Waals surface area contributed by atoms with Crippen molar-refractivity contribution in [3.05, 3.63) is 77.5 Å². The normalized spacial score (nSPS) is 14.7. The highest BCUT2D eigenvalue weighted by atomic mass is 16.2. The van der Waals surface area contributed by atoms with Crippen LogP contribution in [0.2, 0.25) is 0 Å². The van der Waals surface area contributed by atoms with Gasteiger partial charge in [0.25, 0.3) is 0 Å². The quantitative estimate of drug-likeness (QED) is 0.779. The van der Waals surface area contributed by atoms with Crippen molar-refractivity contribution in [2.45, 2.75) is 32.1 Å². The maximum atomic E-state index is 9.10. The SMILES string of the molecule is OCCCCN1CCCCC1=C(c1ccccc1)c1ccccc1. The molecule has 0 amide bonds. The van der Waals surface area contributed by atoms with E-state index in [2.05, 4.69) is 65.6 Å². The maximum absolute atomic E-state index is 9.10. The number of benzene rings is 2. The van der Waals surface area contributed by atoms with E-state index in [1.165, 1.54) is 35.2 Å². The second-order valence-electron chi connectivity index (χ2n) is 6.43. The molecule has 0 saturated carbocycles. The first-order valence-electron chi connectivity index (χ1n) is 9.10. The van der Waals surface area contributed by atoms with Crippen LogP contribution in [0.15, 0.2) is 66.4 Å². The number of allylic oxidation sites excluding steroid dienone is 1. The van der Waals surface area contributed by atoms with Gasteiger partial charge >= 0.3 is 0 Å². The standard InChI is InChI=1S/C22H27NO/c24-18-10-9-17-23-16-8-7-15-21(23)22(19-11-3-1-4-12-19)20-13-5-2-6-14-20/h1-6,11-14,24H,7-10,15-18H2. The Hall–Kier alpha value is -2.06. The van der Waals surface area contributed by atoms with Crippen LogP contribution in [-0.4, -0.2) is 29.7 Å². The molecule has 1 fully saturated rings. The van der Waals surface area contributed by atoms with Gasteiger partial charge in [0.15, 0.2) is 0 Å². The fourth-order valence-electron chi connectivity index (χ4n) is 3.54. The lowest BCUT2D eigenvalue weighted by atomic mass is 9.91. The van der Waals surface area contributed by atoms with Crippen molar-refractivity contribution >= 4 is 5.57 Å². The van der Waals surface area contributed by atoms with E-state index in [4.69, 9.17) is 5.11 Å². The molecule has 3 rings (SSSR count). The molecule has 0 unspecified atom stereocenters. The number of unbranched alkanes of at least 4 members (excludes halogenated alkanes) is 1. The molecule has 1 aliphatic rings. The van der Waals surface area contributed by atoms with Crippen LogP contribution in [0.25, 0.3) is 5.57 Å². The van der Waals surface area contributed by atoms with Crippen LogP contribution in [0.1, 0.15) is 43.2 Å². The van der Waals surface area contributed by atoms with Crippen molar-refractivity contribution in [1.29, 1.82) is 0 Å². The summed E-state index contributed by atoms with van der Waals surface area (Å²) in [6, 6.07) is 21.5. The van der Waals surface area contributed by atoms with Crippen LogP contribution >= 0.6 is 0 Å². The highest BCUT2D eigenvalue weighted by molar-refractivity contribution is 5.81. The van der Waals surface area contributed by atoms with Gasteiger partial charge in [0.05, 0.1) is 0 Å². The van der Waals surface area contributed by atoms with E-state index in [-0.39, 0.29) is 6.61 Å². The molecule has 1 saturated heterocycles. The minimum absolute atomic E-state index is 0.289. The molecule has 0 radical (unpaired) electrons. The van der Waals surface area contributed by atoms with Crippen LogP contribution in [-0.2, 0) is 0 Å². The molecule has 2 heteroatoms. The molecule has 126 valence electrons. The molecule has 1 aliphatic heterocycles. The third-order valence-corrected chi connectivity index (χ3v) is 4.72. The first-order chi connectivity index (χ1) is 11.9. The number of aliphatic hydroxyl groups is 1. The number of piperidine rings is 1. The van der Waals surface area contributed by atoms with E-state index in [1.54, 1.807) is 0 Å². The Labute approximate surface area is 145 Å². The first-order valence-corrected chi connectivity index (χ1v) is 9.10. The van der Waals surface area contributed by atoms with E-state index in [0.29, 0.717) is 0 Å². The third kappa shape index (κ3) is 4.07. The zero-order chi connectivity index (χ0) is 16.6. The highest BCUT2D eigenvalue weighted by Gasteiger charge is 2.20. The summed E-state index contributed by atoms with van der Waals surface area (Å²) in [5.74, 6) is 0. The van der Waals surface area contributed by atoms with Crippen LogP contribution in [0, 0.1) is 0 Å². The van der Waals surface area contributed by atoms with Gasteiger partial charge < -0.3 is 10.0 Å². The predicted octanol–water partition coefficient (Wildman–Crippen LogP) is 4.70. The lowest BCUT2D eigenvalue weighted by Crippen LogP contribution is -2.30. The van der Waals surface area contributed by atoms with Crippen molar-refractivity contribution < 1.29 is 5.11 Å². The lowest BCUT2D eigenvalue weighted by Gasteiger charge is -2.34. The van der Waals surface area contributed by atoms with Gasteiger partial charge in [-0.2, -0.15) is 0 Å². The van der Waals surface area contributed by atoms with Gasteiger partial charge in [-0.25, -0.2) is 0 Å². The van der Waals surface area contributed by atoms with Gasteiger partial charge in [0, 0.05) is 31.0 Å². The molecule has 1 N–H and O–H groups in total. The Morgan fingerprint density at radius 3 is 2.04 bits per heavy atom. The summed E-state index contributed by atoms with van der Waals surface area (Å²) in [5, 5.41) is 9.10. The number of hydrogen-bond acceptors (Lipinski definition) is 2. The molecule has 2 aromatic rings. The molecule has 0 bridgehead atoms. The van der Waals surface area contributed by atoms with Crippen LogP contribution < -0.4 is 0 Å². The minimum atomic E-state index is 0.289. The predicted molar refractivity (Wildman–Crippen MR) is 101 cm³/mol. The largest absolute Gasteiger partial charge is 0.396 e. The molecular formula is C22H27NO. The average Bonchev–Trinajstić information content (AvgIpc) is 2.65. The Kier molecular flexibility index (Phi) is 6.08. The van der Waals surface area contributed by atoms with Crippen molar-refractivity contribution in [2.75, 3.05) is 19.7 Å². The second kappa shape index (κ2) is 8.70. The van der Waals surface area contributed by atoms with Crippen LogP contribution in [0.5, 0.6) is 0 Å². The molecule has 0 spiro atoms. The zero-order valence-corrected chi connectivity index (χ0v) is 14.3. The lowest BCUT2D eigenvalue weighted by molar-refractivity contribution is 0.252. The Bertz CT molecular complexity index is 607. The molecular weight excluding hydrogens is 294 g/mol. The summed E-state index contributed by atoms with van der Waals surface area (Å²) in [7, 11) is 0. The van der Waals surface area contributed by atoms with E-state index in [9.17, 15) is 0 Å². The van der Waals surface area contributed by atoms with Gasteiger partial charge in [0.1, 0.15) is 0 Å². The fourth-order valence-corrected chi connectivity index (χ4v) is 3.54. The maximum Gasteiger partial charge on any atom is 0.0431 e. The Morgan fingerprint density at radius 1 is 0.833 bits per heavy atom. The van der Waals surface area contributed by atoms with Gasteiger partial charge in [0.2, 0.25) is 0 Å². The van der Waals surface area contributed by atoms with E-state index in [0.717, 1.165) is 32.4 Å². The summed E-state index contributed by atoms with van der Waals surface area (Å²) in [4.78, 5) is 2.55. The topological polar surface area (TPSA) is 23.5 Å². The third-order valence-electron chi connectivity index (χ3n) is 4.72. The smallest absolute Gasteiger partial charge is 0.0431 e. The number of rotatable bonds is 6. The van der Waals surface area contributed by atoms with Gasteiger partial charge in [-0.1, -0.05) is 60.7 Å². The summed E-state index contributed by atoms with van der Waals surface area (Å²) >= 11 is 0. The molecule has 2 aromatic carbocycles. The molecule has 0 aliphatic carbocycles. The highest BCUT2D eigenvalue weighted by Crippen LogP contribution is 2.33. The fraction of sp³-hybridized carbons (Fsp3) is 0.364. The second-order valence-corrected chi connectivity index (χ2v) is 6.43. The number of nitrogens with zero attached hydrogens (tertiary/aromatic N) is 1.